The maximum atomic E-state index is 4.81. The van der Waals surface area contributed by atoms with Gasteiger partial charge in [-0.05, 0) is 33.8 Å². The summed E-state index contributed by atoms with van der Waals surface area (Å²) in [5, 5.41) is 6.80. The molecule has 0 radical (unpaired) electrons. The Kier molecular flexibility index (Phi) is 3.45. The van der Waals surface area contributed by atoms with Gasteiger partial charge in [-0.3, -0.25) is 0 Å². The SMILES string of the molecule is CC1=CC(C)=N[C@H]2N(C)C(C[C@H]3N[n+]4c(C)cc(C)nc4N3C)=NN12. The predicted octanol–water partition coefficient (Wildman–Crippen LogP) is 0.918. The predicted molar refractivity (Wildman–Crippen MR) is 97.8 cm³/mol. The van der Waals surface area contributed by atoms with Gasteiger partial charge in [0.05, 0.1) is 13.5 Å². The smallest absolute Gasteiger partial charge is 0.321 e. The number of allylic oxidation sites excluding steroid dienone is 2. The van der Waals surface area contributed by atoms with Gasteiger partial charge < -0.3 is 4.90 Å². The Morgan fingerprint density at radius 1 is 1.16 bits per heavy atom. The van der Waals surface area contributed by atoms with Crippen LogP contribution in [-0.2, 0) is 0 Å². The highest BCUT2D eigenvalue weighted by atomic mass is 15.7. The number of aromatic nitrogens is 2. The van der Waals surface area contributed by atoms with Crippen molar-refractivity contribution in [1.82, 2.24) is 14.9 Å². The summed E-state index contributed by atoms with van der Waals surface area (Å²) in [6, 6.07) is 2.08. The molecule has 3 aliphatic rings. The molecule has 0 saturated carbocycles. The van der Waals surface area contributed by atoms with Gasteiger partial charge in [0.2, 0.25) is 6.29 Å². The van der Waals surface area contributed by atoms with Gasteiger partial charge in [-0.2, -0.15) is 5.10 Å². The molecule has 0 spiro atoms. The third-order valence-corrected chi connectivity index (χ3v) is 4.98. The number of aliphatic imine (C=N–C) groups is 1. The number of amidine groups is 1. The zero-order valence-corrected chi connectivity index (χ0v) is 15.6. The summed E-state index contributed by atoms with van der Waals surface area (Å²) >= 11 is 0. The molecular formula is C17H25N8+. The van der Waals surface area contributed by atoms with Gasteiger partial charge >= 0.3 is 5.95 Å². The molecule has 1 N–H and O–H groups in total. The van der Waals surface area contributed by atoms with E-state index in [0.717, 1.165) is 41.0 Å². The normalized spacial score (nSPS) is 24.6. The van der Waals surface area contributed by atoms with Crippen LogP contribution in [0.15, 0.2) is 27.9 Å². The van der Waals surface area contributed by atoms with E-state index in [-0.39, 0.29) is 12.5 Å². The second-order valence-corrected chi connectivity index (χ2v) is 7.01. The van der Waals surface area contributed by atoms with Crippen molar-refractivity contribution in [1.29, 1.82) is 0 Å². The Labute approximate surface area is 148 Å². The fourth-order valence-electron chi connectivity index (χ4n) is 3.61. The molecule has 4 heterocycles. The topological polar surface area (TPSA) is 63.2 Å². The summed E-state index contributed by atoms with van der Waals surface area (Å²) in [7, 11) is 4.13. The molecule has 132 valence electrons. The van der Waals surface area contributed by atoms with Crippen molar-refractivity contribution in [3.8, 4) is 0 Å². The Morgan fingerprint density at radius 3 is 2.68 bits per heavy atom. The van der Waals surface area contributed by atoms with Gasteiger partial charge in [0.1, 0.15) is 17.2 Å². The molecule has 25 heavy (non-hydrogen) atoms. The second-order valence-electron chi connectivity index (χ2n) is 7.01. The van der Waals surface area contributed by atoms with Crippen molar-refractivity contribution in [3.05, 3.63) is 29.2 Å². The number of hydrogen-bond donors (Lipinski definition) is 1. The van der Waals surface area contributed by atoms with Gasteiger partial charge in [0.25, 0.3) is 0 Å². The van der Waals surface area contributed by atoms with E-state index in [1.807, 2.05) is 23.5 Å². The third-order valence-electron chi connectivity index (χ3n) is 4.98. The van der Waals surface area contributed by atoms with Crippen LogP contribution in [0.5, 0.6) is 0 Å². The average Bonchev–Trinajstić information content (AvgIpc) is 3.01. The fourth-order valence-corrected chi connectivity index (χ4v) is 3.61. The van der Waals surface area contributed by atoms with E-state index in [2.05, 4.69) is 60.3 Å². The van der Waals surface area contributed by atoms with Crippen molar-refractivity contribution >= 4 is 17.5 Å². The van der Waals surface area contributed by atoms with Gasteiger partial charge in [-0.25, -0.2) is 20.3 Å². The van der Waals surface area contributed by atoms with E-state index in [1.165, 1.54) is 0 Å². The highest BCUT2D eigenvalue weighted by Crippen LogP contribution is 2.27. The first kappa shape index (κ1) is 15.9. The first-order chi connectivity index (χ1) is 11.8. The molecule has 0 aliphatic carbocycles. The van der Waals surface area contributed by atoms with E-state index < -0.39 is 0 Å². The van der Waals surface area contributed by atoms with Crippen LogP contribution in [0.1, 0.15) is 31.7 Å². The summed E-state index contributed by atoms with van der Waals surface area (Å²) < 4.78 is 2.05. The third kappa shape index (κ3) is 2.43. The van der Waals surface area contributed by atoms with Crippen LogP contribution in [0.2, 0.25) is 0 Å². The summed E-state index contributed by atoms with van der Waals surface area (Å²) in [5.74, 6) is 1.95. The lowest BCUT2D eigenvalue weighted by molar-refractivity contribution is -0.638. The lowest BCUT2D eigenvalue weighted by atomic mass is 10.2. The van der Waals surface area contributed by atoms with E-state index in [9.17, 15) is 0 Å². The average molecular weight is 341 g/mol. The van der Waals surface area contributed by atoms with Crippen molar-refractivity contribution < 1.29 is 4.68 Å². The molecule has 0 unspecified atom stereocenters. The zero-order chi connectivity index (χ0) is 17.9. The second kappa shape index (κ2) is 5.44. The number of hydrazone groups is 1. The Hall–Kier alpha value is -2.64. The van der Waals surface area contributed by atoms with Crippen molar-refractivity contribution in [2.24, 2.45) is 10.1 Å². The molecule has 8 nitrogen and oxygen atoms in total. The van der Waals surface area contributed by atoms with E-state index in [0.29, 0.717) is 0 Å². The molecule has 1 aromatic heterocycles. The van der Waals surface area contributed by atoms with Gasteiger partial charge in [-0.15, -0.1) is 4.68 Å². The number of anilines is 1. The Balaban J connectivity index is 1.57. The minimum atomic E-state index is -0.0659. The van der Waals surface area contributed by atoms with E-state index in [1.54, 1.807) is 0 Å². The van der Waals surface area contributed by atoms with E-state index >= 15 is 0 Å². The summed E-state index contributed by atoms with van der Waals surface area (Å²) in [6.07, 6.45) is 2.87. The zero-order valence-electron chi connectivity index (χ0n) is 15.6. The van der Waals surface area contributed by atoms with Crippen LogP contribution in [0.4, 0.5) is 5.95 Å². The number of nitrogens with one attached hydrogen (secondary N) is 1. The maximum absolute atomic E-state index is 4.81. The highest BCUT2D eigenvalue weighted by Gasteiger charge is 2.41. The number of nitrogens with zero attached hydrogens (tertiary/aromatic N) is 7. The lowest BCUT2D eigenvalue weighted by Gasteiger charge is -2.29. The van der Waals surface area contributed by atoms with Crippen LogP contribution in [0, 0.1) is 13.8 Å². The van der Waals surface area contributed by atoms with Crippen molar-refractivity contribution in [2.45, 2.75) is 46.6 Å². The Bertz CT molecular complexity index is 824. The molecule has 2 atom stereocenters. The molecule has 4 rings (SSSR count). The number of hydrogen-bond acceptors (Lipinski definition) is 7. The number of fused-ring (bicyclic) bond motifs is 2. The summed E-state index contributed by atoms with van der Waals surface area (Å²) in [4.78, 5) is 13.7. The van der Waals surface area contributed by atoms with Crippen LogP contribution in [0.25, 0.3) is 0 Å². The first-order valence-corrected chi connectivity index (χ1v) is 8.57. The highest BCUT2D eigenvalue weighted by molar-refractivity contribution is 5.95. The molecule has 0 saturated heterocycles. The molecule has 0 aromatic carbocycles. The van der Waals surface area contributed by atoms with Crippen molar-refractivity contribution in [2.75, 3.05) is 24.4 Å². The largest absolute Gasteiger partial charge is 0.418 e. The summed E-state index contributed by atoms with van der Waals surface area (Å²) in [5.41, 5.74) is 7.87. The van der Waals surface area contributed by atoms with Crippen molar-refractivity contribution in [3.63, 3.8) is 0 Å². The molecule has 0 fully saturated rings. The van der Waals surface area contributed by atoms with Crippen LogP contribution in [-0.4, -0.2) is 53.0 Å². The quantitative estimate of drug-likeness (QED) is 0.811. The molecular weight excluding hydrogens is 316 g/mol. The molecule has 3 aliphatic heterocycles. The molecule has 1 aromatic rings. The van der Waals surface area contributed by atoms with Gasteiger partial charge in [0, 0.05) is 24.5 Å². The minimum absolute atomic E-state index is 0.0659. The molecule has 8 heteroatoms. The van der Waals surface area contributed by atoms with Crippen LogP contribution in [0.3, 0.4) is 0 Å². The molecule has 0 bridgehead atoms. The van der Waals surface area contributed by atoms with E-state index in [4.69, 9.17) is 10.1 Å². The summed E-state index contributed by atoms with van der Waals surface area (Å²) in [6.45, 7) is 8.22. The lowest BCUT2D eigenvalue weighted by Crippen LogP contribution is -2.49. The number of rotatable bonds is 2. The van der Waals surface area contributed by atoms with Crippen LogP contribution < -0.4 is 15.0 Å². The monoisotopic (exact) mass is 341 g/mol. The first-order valence-electron chi connectivity index (χ1n) is 8.57. The fraction of sp³-hybridized carbons (Fsp3) is 0.529. The van der Waals surface area contributed by atoms with Crippen LogP contribution >= 0.6 is 0 Å². The molecule has 0 amide bonds. The standard InChI is InChI=1S/C17H25N8/c1-10-7-12(3)24-16(18-10)22(5)14(20-24)9-15-21-25-13(4)8-11(2)19-17(25)23(15)6/h7-8,14,17,20H,9H2,1-6H3/q+1/t14-,17-/m0/s1. The maximum Gasteiger partial charge on any atom is 0.418 e. The van der Waals surface area contributed by atoms with Gasteiger partial charge in [0.15, 0.2) is 6.17 Å². The van der Waals surface area contributed by atoms with Gasteiger partial charge in [-0.1, -0.05) is 4.98 Å². The number of aryl methyl sites for hydroxylation is 2. The Morgan fingerprint density at radius 2 is 1.92 bits per heavy atom. The minimum Gasteiger partial charge on any atom is -0.321 e.